The van der Waals surface area contributed by atoms with E-state index in [0.29, 0.717) is 6.04 Å². The summed E-state index contributed by atoms with van der Waals surface area (Å²) in [5.41, 5.74) is -0.0432. The summed E-state index contributed by atoms with van der Waals surface area (Å²) >= 11 is 0. The normalized spacial score (nSPS) is 27.2. The fourth-order valence-corrected chi connectivity index (χ4v) is 2.53. The van der Waals surface area contributed by atoms with E-state index in [1.54, 1.807) is 7.11 Å². The third kappa shape index (κ3) is 4.04. The molecular formula is C13H27NO2. The van der Waals surface area contributed by atoms with Crippen molar-refractivity contribution in [2.45, 2.75) is 64.2 Å². The molecule has 1 aliphatic heterocycles. The maximum atomic E-state index is 6.04. The molecule has 3 heteroatoms. The Morgan fingerprint density at radius 1 is 1.25 bits per heavy atom. The van der Waals surface area contributed by atoms with Gasteiger partial charge in [0, 0.05) is 19.8 Å². The first-order valence-electron chi connectivity index (χ1n) is 6.30. The Bertz CT molecular complexity index is 214. The van der Waals surface area contributed by atoms with Crippen LogP contribution < -0.4 is 5.32 Å². The van der Waals surface area contributed by atoms with Crippen molar-refractivity contribution in [2.24, 2.45) is 0 Å². The Kier molecular flexibility index (Phi) is 4.77. The van der Waals surface area contributed by atoms with E-state index in [9.17, 15) is 0 Å². The first kappa shape index (κ1) is 13.9. The highest BCUT2D eigenvalue weighted by molar-refractivity contribution is 4.98. The van der Waals surface area contributed by atoms with Crippen molar-refractivity contribution in [3.63, 3.8) is 0 Å². The van der Waals surface area contributed by atoms with E-state index in [1.165, 1.54) is 6.42 Å². The van der Waals surface area contributed by atoms with Crippen LogP contribution in [-0.2, 0) is 9.47 Å². The Morgan fingerprint density at radius 2 is 1.94 bits per heavy atom. The van der Waals surface area contributed by atoms with Gasteiger partial charge in [-0.25, -0.2) is 0 Å². The summed E-state index contributed by atoms with van der Waals surface area (Å²) in [4.78, 5) is 0. The van der Waals surface area contributed by atoms with Crippen LogP contribution in [0, 0.1) is 0 Å². The van der Waals surface area contributed by atoms with Gasteiger partial charge in [0.25, 0.3) is 0 Å². The molecule has 1 fully saturated rings. The molecule has 0 aliphatic carbocycles. The maximum absolute atomic E-state index is 6.04. The van der Waals surface area contributed by atoms with Crippen molar-refractivity contribution in [2.75, 3.05) is 20.3 Å². The number of unbranched alkanes of at least 4 members (excludes halogenated alkanes) is 1. The van der Waals surface area contributed by atoms with Gasteiger partial charge in [0.05, 0.1) is 11.2 Å². The van der Waals surface area contributed by atoms with Gasteiger partial charge in [-0.3, -0.25) is 0 Å². The molecule has 1 N–H and O–H groups in total. The van der Waals surface area contributed by atoms with Gasteiger partial charge in [-0.1, -0.05) is 0 Å². The molecule has 0 radical (unpaired) electrons. The van der Waals surface area contributed by atoms with Crippen molar-refractivity contribution in [1.29, 1.82) is 0 Å². The average Bonchev–Trinajstić information content (AvgIpc) is 2.34. The van der Waals surface area contributed by atoms with E-state index in [4.69, 9.17) is 9.47 Å². The Labute approximate surface area is 99.9 Å². The molecule has 0 saturated carbocycles. The maximum Gasteiger partial charge on any atom is 0.0787 e. The molecule has 1 heterocycles. The predicted molar refractivity (Wildman–Crippen MR) is 66.8 cm³/mol. The molecule has 1 unspecified atom stereocenters. The van der Waals surface area contributed by atoms with Gasteiger partial charge in [0.1, 0.15) is 0 Å². The average molecular weight is 229 g/mol. The Balaban J connectivity index is 2.26. The molecular weight excluding hydrogens is 202 g/mol. The molecule has 0 aromatic heterocycles. The fraction of sp³-hybridized carbons (Fsp3) is 1.00. The summed E-state index contributed by atoms with van der Waals surface area (Å²) < 4.78 is 11.1. The second-order valence-corrected chi connectivity index (χ2v) is 5.88. The number of hydrogen-bond acceptors (Lipinski definition) is 3. The second-order valence-electron chi connectivity index (χ2n) is 5.88. The SMILES string of the molecule is COCCCCNC1CC(C)(C)OC1(C)C. The van der Waals surface area contributed by atoms with Gasteiger partial charge in [0.2, 0.25) is 0 Å². The number of ether oxygens (including phenoxy) is 2. The summed E-state index contributed by atoms with van der Waals surface area (Å²) in [5.74, 6) is 0. The van der Waals surface area contributed by atoms with Crippen molar-refractivity contribution < 1.29 is 9.47 Å². The minimum atomic E-state index is -0.0508. The van der Waals surface area contributed by atoms with E-state index in [1.807, 2.05) is 0 Å². The zero-order valence-corrected chi connectivity index (χ0v) is 11.4. The van der Waals surface area contributed by atoms with Crippen LogP contribution >= 0.6 is 0 Å². The third-order valence-electron chi connectivity index (χ3n) is 3.24. The van der Waals surface area contributed by atoms with E-state index >= 15 is 0 Å². The molecule has 0 bridgehead atoms. The second kappa shape index (κ2) is 5.48. The molecule has 1 saturated heterocycles. The lowest BCUT2D eigenvalue weighted by Gasteiger charge is -2.27. The summed E-state index contributed by atoms with van der Waals surface area (Å²) in [6.45, 7) is 10.6. The predicted octanol–water partition coefficient (Wildman–Crippen LogP) is 2.35. The molecule has 1 atom stereocenters. The Morgan fingerprint density at radius 3 is 2.44 bits per heavy atom. The number of hydrogen-bond donors (Lipinski definition) is 1. The van der Waals surface area contributed by atoms with Gasteiger partial charge >= 0.3 is 0 Å². The van der Waals surface area contributed by atoms with Crippen molar-refractivity contribution in [1.82, 2.24) is 5.32 Å². The van der Waals surface area contributed by atoms with E-state index in [-0.39, 0.29) is 11.2 Å². The lowest BCUT2D eigenvalue weighted by atomic mass is 9.94. The zero-order valence-electron chi connectivity index (χ0n) is 11.4. The van der Waals surface area contributed by atoms with Crippen molar-refractivity contribution >= 4 is 0 Å². The molecule has 0 amide bonds. The van der Waals surface area contributed by atoms with Gasteiger partial charge in [0.15, 0.2) is 0 Å². The number of nitrogens with one attached hydrogen (secondary N) is 1. The summed E-state index contributed by atoms with van der Waals surface area (Å²) in [6, 6.07) is 0.463. The standard InChI is InChI=1S/C13H27NO2/c1-12(2)10-11(13(3,4)16-12)14-8-6-7-9-15-5/h11,14H,6-10H2,1-5H3. The molecule has 1 aliphatic rings. The molecule has 0 spiro atoms. The van der Waals surface area contributed by atoms with Gasteiger partial charge in [-0.15, -0.1) is 0 Å². The molecule has 0 aromatic carbocycles. The quantitative estimate of drug-likeness (QED) is 0.709. The largest absolute Gasteiger partial charge is 0.385 e. The molecule has 0 aromatic rings. The highest BCUT2D eigenvalue weighted by Crippen LogP contribution is 2.37. The molecule has 3 nitrogen and oxygen atoms in total. The van der Waals surface area contributed by atoms with E-state index in [0.717, 1.165) is 26.0 Å². The van der Waals surface area contributed by atoms with Crippen LogP contribution in [0.3, 0.4) is 0 Å². The molecule has 1 rings (SSSR count). The highest BCUT2D eigenvalue weighted by atomic mass is 16.5. The zero-order chi connectivity index (χ0) is 12.2. The number of methoxy groups -OCH3 is 1. The van der Waals surface area contributed by atoms with E-state index in [2.05, 4.69) is 33.0 Å². The first-order valence-corrected chi connectivity index (χ1v) is 6.30. The van der Waals surface area contributed by atoms with Crippen molar-refractivity contribution in [3.05, 3.63) is 0 Å². The monoisotopic (exact) mass is 229 g/mol. The lowest BCUT2D eigenvalue weighted by molar-refractivity contribution is -0.0698. The van der Waals surface area contributed by atoms with Crippen LogP contribution in [-0.4, -0.2) is 37.5 Å². The minimum absolute atomic E-state index is 0.00764. The Hall–Kier alpha value is -0.120. The van der Waals surface area contributed by atoms with Crippen molar-refractivity contribution in [3.8, 4) is 0 Å². The van der Waals surface area contributed by atoms with E-state index < -0.39 is 0 Å². The minimum Gasteiger partial charge on any atom is -0.385 e. The lowest BCUT2D eigenvalue weighted by Crippen LogP contribution is -2.43. The third-order valence-corrected chi connectivity index (χ3v) is 3.24. The fourth-order valence-electron chi connectivity index (χ4n) is 2.53. The molecule has 16 heavy (non-hydrogen) atoms. The van der Waals surface area contributed by atoms with Crippen LogP contribution in [0.4, 0.5) is 0 Å². The van der Waals surface area contributed by atoms with Gasteiger partial charge in [-0.2, -0.15) is 0 Å². The van der Waals surface area contributed by atoms with Crippen LogP contribution in [0.5, 0.6) is 0 Å². The summed E-state index contributed by atoms with van der Waals surface area (Å²) in [7, 11) is 1.75. The van der Waals surface area contributed by atoms with Crippen LogP contribution in [0.25, 0.3) is 0 Å². The molecule has 96 valence electrons. The number of rotatable bonds is 6. The summed E-state index contributed by atoms with van der Waals surface area (Å²) in [5, 5.41) is 3.61. The summed E-state index contributed by atoms with van der Waals surface area (Å²) in [6.07, 6.45) is 3.38. The van der Waals surface area contributed by atoms with Crippen LogP contribution in [0.2, 0.25) is 0 Å². The van der Waals surface area contributed by atoms with Gasteiger partial charge < -0.3 is 14.8 Å². The van der Waals surface area contributed by atoms with Gasteiger partial charge in [-0.05, 0) is 53.5 Å². The van der Waals surface area contributed by atoms with Crippen LogP contribution in [0.1, 0.15) is 47.0 Å². The highest BCUT2D eigenvalue weighted by Gasteiger charge is 2.45. The van der Waals surface area contributed by atoms with Crippen LogP contribution in [0.15, 0.2) is 0 Å². The smallest absolute Gasteiger partial charge is 0.0787 e. The first-order chi connectivity index (χ1) is 7.37. The topological polar surface area (TPSA) is 30.5 Å².